The number of carbonyl (C=O) groups excluding carboxylic acids is 4. The third kappa shape index (κ3) is 3.47. The Labute approximate surface area is 192 Å². The molecule has 1 aromatic carbocycles. The fourth-order valence-electron chi connectivity index (χ4n) is 5.90. The van der Waals surface area contributed by atoms with Gasteiger partial charge in [-0.2, -0.15) is 0 Å². The summed E-state index contributed by atoms with van der Waals surface area (Å²) in [6.45, 7) is 8.17. The molecule has 0 amide bonds. The van der Waals surface area contributed by atoms with Crippen molar-refractivity contribution in [2.24, 2.45) is 29.1 Å². The van der Waals surface area contributed by atoms with E-state index in [1.807, 2.05) is 20.8 Å². The first kappa shape index (κ1) is 23.7. The molecule has 2 fully saturated rings. The van der Waals surface area contributed by atoms with Crippen molar-refractivity contribution in [2.45, 2.75) is 51.7 Å². The number of phenolic OH excluding ortho intramolecular Hbond substituents is 1. The lowest BCUT2D eigenvalue weighted by atomic mass is 9.51. The van der Waals surface area contributed by atoms with Gasteiger partial charge in [0.05, 0.1) is 23.5 Å². The third-order valence-electron chi connectivity index (χ3n) is 7.56. The van der Waals surface area contributed by atoms with E-state index in [-0.39, 0.29) is 29.7 Å². The van der Waals surface area contributed by atoms with Gasteiger partial charge in [-0.3, -0.25) is 19.2 Å². The van der Waals surface area contributed by atoms with Gasteiger partial charge < -0.3 is 20.6 Å². The van der Waals surface area contributed by atoms with Crippen molar-refractivity contribution in [3.8, 4) is 5.75 Å². The molecule has 4 rings (SSSR count). The van der Waals surface area contributed by atoms with Crippen molar-refractivity contribution in [3.05, 3.63) is 29.3 Å². The Morgan fingerprint density at radius 1 is 1.12 bits per heavy atom. The molecule has 178 valence electrons. The van der Waals surface area contributed by atoms with Gasteiger partial charge in [-0.25, -0.2) is 0 Å². The first-order valence-corrected chi connectivity index (χ1v) is 11.4. The standard InChI is InChI=1S/C25H31NO7/c1-11-12-6-5-7-15(27)18(12)21(30)19-17(11)20(29)14-8-16(28)13(9-26-10-24(2,3)4)22(31)25(14,33)23(19)32/h5-7,11,13-14,17,19-20,26-27,29,33H,8-10H2,1-4H3/t11-,13?,14+,17+,19?,20+,25+/m0/s1. The topological polar surface area (TPSA) is 141 Å². The maximum Gasteiger partial charge on any atom is 0.188 e. The van der Waals surface area contributed by atoms with E-state index in [0.717, 1.165) is 0 Å². The van der Waals surface area contributed by atoms with Gasteiger partial charge in [0, 0.05) is 31.3 Å². The summed E-state index contributed by atoms with van der Waals surface area (Å²) >= 11 is 0. The molecule has 0 spiro atoms. The number of Topliss-reactive ketones (excluding diaryl/α,β-unsaturated/α-hetero) is 4. The number of aromatic hydroxyl groups is 1. The van der Waals surface area contributed by atoms with E-state index in [1.54, 1.807) is 19.1 Å². The van der Waals surface area contributed by atoms with E-state index in [2.05, 4.69) is 5.32 Å². The van der Waals surface area contributed by atoms with Gasteiger partial charge in [0.1, 0.15) is 11.5 Å². The Kier molecular flexibility index (Phi) is 5.62. The van der Waals surface area contributed by atoms with Crippen LogP contribution in [0, 0.1) is 29.1 Å². The lowest BCUT2D eigenvalue weighted by Gasteiger charge is -2.53. The number of aliphatic hydroxyl groups is 2. The van der Waals surface area contributed by atoms with Crippen molar-refractivity contribution in [3.63, 3.8) is 0 Å². The number of nitrogens with one attached hydrogen (secondary N) is 1. The Morgan fingerprint density at radius 3 is 2.42 bits per heavy atom. The summed E-state index contributed by atoms with van der Waals surface area (Å²) in [4.78, 5) is 53.2. The molecule has 3 aliphatic rings. The average molecular weight is 458 g/mol. The molecule has 0 heterocycles. The quantitative estimate of drug-likeness (QED) is 0.493. The predicted octanol–water partition coefficient (Wildman–Crippen LogP) is 1.01. The molecule has 3 aliphatic carbocycles. The summed E-state index contributed by atoms with van der Waals surface area (Å²) < 4.78 is 0. The van der Waals surface area contributed by atoms with Crippen LogP contribution in [0.4, 0.5) is 0 Å². The summed E-state index contributed by atoms with van der Waals surface area (Å²) in [7, 11) is 0. The molecular weight excluding hydrogens is 426 g/mol. The summed E-state index contributed by atoms with van der Waals surface area (Å²) in [6.07, 6.45) is -1.74. The highest BCUT2D eigenvalue weighted by molar-refractivity contribution is 6.26. The molecule has 2 saturated carbocycles. The maximum atomic E-state index is 13.6. The second-order valence-corrected chi connectivity index (χ2v) is 11.0. The van der Waals surface area contributed by atoms with Crippen LogP contribution in [0.25, 0.3) is 0 Å². The summed E-state index contributed by atoms with van der Waals surface area (Å²) in [6, 6.07) is 4.57. The van der Waals surface area contributed by atoms with Gasteiger partial charge in [-0.1, -0.05) is 39.8 Å². The van der Waals surface area contributed by atoms with E-state index < -0.39 is 64.4 Å². The smallest absolute Gasteiger partial charge is 0.188 e. The van der Waals surface area contributed by atoms with E-state index in [0.29, 0.717) is 12.1 Å². The Bertz CT molecular complexity index is 1040. The van der Waals surface area contributed by atoms with Gasteiger partial charge in [0.15, 0.2) is 23.0 Å². The number of benzene rings is 1. The van der Waals surface area contributed by atoms with E-state index in [9.17, 15) is 34.5 Å². The zero-order valence-electron chi connectivity index (χ0n) is 19.3. The van der Waals surface area contributed by atoms with Crippen LogP contribution in [-0.4, -0.2) is 63.2 Å². The van der Waals surface area contributed by atoms with E-state index >= 15 is 0 Å². The van der Waals surface area contributed by atoms with E-state index in [1.165, 1.54) is 6.07 Å². The Morgan fingerprint density at radius 2 is 1.79 bits per heavy atom. The van der Waals surface area contributed by atoms with Gasteiger partial charge >= 0.3 is 0 Å². The number of rotatable bonds is 3. The minimum absolute atomic E-state index is 0.0171. The van der Waals surface area contributed by atoms with Crippen LogP contribution in [0.1, 0.15) is 56.0 Å². The van der Waals surface area contributed by atoms with Crippen molar-refractivity contribution < 1.29 is 34.5 Å². The van der Waals surface area contributed by atoms with Crippen LogP contribution < -0.4 is 5.32 Å². The molecule has 1 aromatic rings. The van der Waals surface area contributed by atoms with Crippen molar-refractivity contribution in [1.82, 2.24) is 5.32 Å². The van der Waals surface area contributed by atoms with E-state index in [4.69, 9.17) is 0 Å². The molecular formula is C25H31NO7. The highest BCUT2D eigenvalue weighted by atomic mass is 16.3. The van der Waals surface area contributed by atoms with Crippen LogP contribution in [0.5, 0.6) is 5.75 Å². The maximum absolute atomic E-state index is 13.6. The minimum atomic E-state index is -2.63. The number of carbonyl (C=O) groups is 4. The van der Waals surface area contributed by atoms with Crippen LogP contribution in [0.15, 0.2) is 18.2 Å². The fraction of sp³-hybridized carbons (Fsp3) is 0.600. The summed E-state index contributed by atoms with van der Waals surface area (Å²) in [5.74, 6) is -8.80. The van der Waals surface area contributed by atoms with Crippen molar-refractivity contribution in [1.29, 1.82) is 0 Å². The highest BCUT2D eigenvalue weighted by Crippen LogP contribution is 2.53. The zero-order chi connectivity index (χ0) is 24.5. The number of aliphatic hydroxyl groups excluding tert-OH is 1. The Hall–Kier alpha value is -2.42. The number of hydrogen-bond donors (Lipinski definition) is 4. The molecule has 4 N–H and O–H groups in total. The molecule has 0 saturated heterocycles. The molecule has 2 unspecified atom stereocenters. The molecule has 33 heavy (non-hydrogen) atoms. The van der Waals surface area contributed by atoms with Crippen molar-refractivity contribution in [2.75, 3.05) is 13.1 Å². The molecule has 0 radical (unpaired) electrons. The van der Waals surface area contributed by atoms with Crippen molar-refractivity contribution >= 4 is 23.1 Å². The zero-order valence-corrected chi connectivity index (χ0v) is 19.3. The van der Waals surface area contributed by atoms with Gasteiger partial charge in [0.2, 0.25) is 0 Å². The fourth-order valence-corrected chi connectivity index (χ4v) is 5.90. The molecule has 7 atom stereocenters. The largest absolute Gasteiger partial charge is 0.507 e. The highest BCUT2D eigenvalue weighted by Gasteiger charge is 2.69. The number of fused-ring (bicyclic) bond motifs is 3. The Balaban J connectivity index is 1.72. The molecule has 0 bridgehead atoms. The number of ketones is 4. The van der Waals surface area contributed by atoms with Gasteiger partial charge in [-0.05, 0) is 23.0 Å². The molecule has 8 nitrogen and oxygen atoms in total. The monoisotopic (exact) mass is 457 g/mol. The molecule has 0 aromatic heterocycles. The first-order valence-electron chi connectivity index (χ1n) is 11.4. The molecule has 8 heteroatoms. The van der Waals surface area contributed by atoms with Crippen LogP contribution >= 0.6 is 0 Å². The lowest BCUT2D eigenvalue weighted by molar-refractivity contribution is -0.188. The molecule has 0 aliphatic heterocycles. The van der Waals surface area contributed by atoms with Crippen LogP contribution in [-0.2, 0) is 14.4 Å². The number of hydrogen-bond acceptors (Lipinski definition) is 8. The van der Waals surface area contributed by atoms with Crippen LogP contribution in [0.2, 0.25) is 0 Å². The van der Waals surface area contributed by atoms with Gasteiger partial charge in [-0.15, -0.1) is 0 Å². The van der Waals surface area contributed by atoms with Gasteiger partial charge in [0.25, 0.3) is 0 Å². The number of phenols is 1. The summed E-state index contributed by atoms with van der Waals surface area (Å²) in [5.41, 5.74) is -2.25. The normalized spacial score (nSPS) is 36.3. The summed E-state index contributed by atoms with van der Waals surface area (Å²) in [5, 5.41) is 36.0. The third-order valence-corrected chi connectivity index (χ3v) is 7.56. The first-order chi connectivity index (χ1) is 15.3. The SMILES string of the molecule is C[C@H]1c2cccc(O)c2C(=O)C2C(=O)[C@]3(O)C(=O)C(CNCC(C)(C)C)C(=O)C[C@@H]3[C@@H](O)[C@@H]21. The van der Waals surface area contributed by atoms with Crippen LogP contribution in [0.3, 0.4) is 0 Å². The second-order valence-electron chi connectivity index (χ2n) is 11.0. The lowest BCUT2D eigenvalue weighted by Crippen LogP contribution is -2.72. The minimum Gasteiger partial charge on any atom is -0.507 e. The second kappa shape index (κ2) is 7.82. The predicted molar refractivity (Wildman–Crippen MR) is 118 cm³/mol. The average Bonchev–Trinajstić information content (AvgIpc) is 2.72.